The first-order chi connectivity index (χ1) is 15.0. The van der Waals surface area contributed by atoms with Crippen LogP contribution >= 0.6 is 0 Å². The van der Waals surface area contributed by atoms with E-state index in [2.05, 4.69) is 13.8 Å². The fourth-order valence-corrected chi connectivity index (χ4v) is 6.22. The van der Waals surface area contributed by atoms with Crippen LogP contribution < -0.4 is 69.3 Å². The van der Waals surface area contributed by atoms with Crippen molar-refractivity contribution in [2.75, 3.05) is 0 Å². The maximum absolute atomic E-state index is 12.6. The van der Waals surface area contributed by atoms with Crippen LogP contribution in [0.25, 0.3) is 0 Å². The van der Waals surface area contributed by atoms with Gasteiger partial charge in [-0.3, -0.25) is 4.55 Å². The first kappa shape index (κ1) is 39.4. The van der Waals surface area contributed by atoms with Crippen LogP contribution in [-0.4, -0.2) is 30.2 Å². The normalized spacial score (nSPS) is 15.8. The van der Waals surface area contributed by atoms with Crippen LogP contribution in [0.2, 0.25) is 0 Å². The Morgan fingerprint density at radius 2 is 1.12 bits per heavy atom. The van der Waals surface area contributed by atoms with Crippen molar-refractivity contribution < 1.29 is 91.9 Å². The van der Waals surface area contributed by atoms with E-state index in [1.54, 1.807) is 0 Å². The molecule has 0 heterocycles. The van der Waals surface area contributed by atoms with E-state index in [9.17, 15) is 32.8 Å². The molecule has 0 amide bonds. The van der Waals surface area contributed by atoms with Gasteiger partial charge in [-0.2, -0.15) is 8.42 Å². The molecular formula is C24H44Na2O7S. The van der Waals surface area contributed by atoms with E-state index in [1.807, 2.05) is 13.8 Å². The molecule has 0 aliphatic heterocycles. The first-order valence-corrected chi connectivity index (χ1v) is 13.9. The fourth-order valence-electron chi connectivity index (χ4n) is 5.11. The van der Waals surface area contributed by atoms with Crippen LogP contribution in [0.4, 0.5) is 0 Å². The fraction of sp³-hybridized carbons (Fsp3) is 0.917. The van der Waals surface area contributed by atoms with Crippen LogP contribution in [0.1, 0.15) is 118 Å². The second kappa shape index (κ2) is 20.9. The van der Waals surface area contributed by atoms with Crippen molar-refractivity contribution in [2.24, 2.45) is 17.3 Å². The molecule has 0 fully saturated rings. The number of carboxylic acids is 2. The van der Waals surface area contributed by atoms with Gasteiger partial charge in [-0.15, -0.1) is 0 Å². The third kappa shape index (κ3) is 14.0. The molecule has 0 aromatic heterocycles. The summed E-state index contributed by atoms with van der Waals surface area (Å²) in [4.78, 5) is 24.5. The zero-order valence-electron chi connectivity index (χ0n) is 22.4. The van der Waals surface area contributed by atoms with Crippen LogP contribution in [-0.2, 0) is 19.7 Å². The van der Waals surface area contributed by atoms with Gasteiger partial charge in [-0.05, 0) is 24.7 Å². The standard InChI is InChI=1S/C24H46O7S.2Na/c1-5-9-11-15-19(13-7-3)17-24(23(27)28,21(22(25)26)32(29,30)31)18-20(14-8-4)16-12-10-6-2;;/h19-21H,5-18H2,1-4H3,(H,25,26)(H,27,28)(H,29,30,31);;/q;2*+1/p-2. The van der Waals surface area contributed by atoms with Crippen molar-refractivity contribution in [1.82, 2.24) is 0 Å². The molecule has 0 spiro atoms. The van der Waals surface area contributed by atoms with E-state index in [-0.39, 0.29) is 83.8 Å². The van der Waals surface area contributed by atoms with E-state index >= 15 is 0 Å². The third-order valence-corrected chi connectivity index (χ3v) is 7.79. The summed E-state index contributed by atoms with van der Waals surface area (Å²) in [6.07, 6.45) is 9.43. The predicted octanol–water partition coefficient (Wildman–Crippen LogP) is -2.49. The topological polar surface area (TPSA) is 135 Å². The van der Waals surface area contributed by atoms with Crippen molar-refractivity contribution >= 4 is 22.1 Å². The van der Waals surface area contributed by atoms with Gasteiger partial charge in [-0.1, -0.05) is 105 Å². The van der Waals surface area contributed by atoms with Gasteiger partial charge in [-0.25, -0.2) is 0 Å². The van der Waals surface area contributed by atoms with Crippen LogP contribution in [0.15, 0.2) is 0 Å². The minimum absolute atomic E-state index is 0. The summed E-state index contributed by atoms with van der Waals surface area (Å²) in [7, 11) is -5.22. The zero-order chi connectivity index (χ0) is 24.8. The molecule has 10 heteroatoms. The Hall–Kier alpha value is 0.850. The zero-order valence-corrected chi connectivity index (χ0v) is 27.3. The number of carbonyl (C=O) groups excluding carboxylic acids is 2. The SMILES string of the molecule is CCCCCC(CCC)CC(CC(CCC)CCCCC)(C(=O)[O-])C(C(=O)[O-])S(=O)(=O)O.[Na+].[Na+]. The summed E-state index contributed by atoms with van der Waals surface area (Å²) in [6.45, 7) is 8.02. The summed E-state index contributed by atoms with van der Waals surface area (Å²) in [5, 5.41) is 22.0. The summed E-state index contributed by atoms with van der Waals surface area (Å²) >= 11 is 0. The van der Waals surface area contributed by atoms with Gasteiger partial charge >= 0.3 is 59.1 Å². The Morgan fingerprint density at radius 1 is 0.735 bits per heavy atom. The van der Waals surface area contributed by atoms with Gasteiger partial charge in [0.2, 0.25) is 0 Å². The Labute approximate surface area is 251 Å². The molecule has 0 aliphatic carbocycles. The number of unbranched alkanes of at least 4 members (excludes halogenated alkanes) is 4. The molecule has 0 saturated carbocycles. The summed E-state index contributed by atoms with van der Waals surface area (Å²) in [5.74, 6) is -4.15. The van der Waals surface area contributed by atoms with Crippen molar-refractivity contribution in [3.05, 3.63) is 0 Å². The number of carbonyl (C=O) groups is 2. The van der Waals surface area contributed by atoms with Gasteiger partial charge in [0.15, 0.2) is 0 Å². The number of hydrogen-bond acceptors (Lipinski definition) is 6. The van der Waals surface area contributed by atoms with E-state index < -0.39 is 32.7 Å². The second-order valence-corrected chi connectivity index (χ2v) is 10.9. The molecule has 34 heavy (non-hydrogen) atoms. The monoisotopic (exact) mass is 522 g/mol. The van der Waals surface area contributed by atoms with Gasteiger partial charge in [0.25, 0.3) is 10.1 Å². The van der Waals surface area contributed by atoms with Gasteiger partial charge in [0.1, 0.15) is 5.25 Å². The Balaban J connectivity index is -0.00000480. The molecule has 0 saturated heterocycles. The first-order valence-electron chi connectivity index (χ1n) is 12.4. The summed E-state index contributed by atoms with van der Waals surface area (Å²) < 4.78 is 34.1. The van der Waals surface area contributed by atoms with Crippen molar-refractivity contribution in [3.8, 4) is 0 Å². The molecule has 3 atom stereocenters. The molecule has 0 rings (SSSR count). The maximum atomic E-state index is 12.6. The Morgan fingerprint density at radius 3 is 1.35 bits per heavy atom. The molecule has 7 nitrogen and oxygen atoms in total. The molecule has 3 unspecified atom stereocenters. The van der Waals surface area contributed by atoms with Gasteiger partial charge in [0, 0.05) is 11.4 Å². The van der Waals surface area contributed by atoms with E-state index in [0.717, 1.165) is 51.4 Å². The van der Waals surface area contributed by atoms with E-state index in [1.165, 1.54) is 0 Å². The molecule has 0 aromatic carbocycles. The molecular weight excluding hydrogens is 478 g/mol. The molecule has 0 aromatic rings. The van der Waals surface area contributed by atoms with Crippen LogP contribution in [0.3, 0.4) is 0 Å². The molecule has 1 N–H and O–H groups in total. The molecule has 0 bridgehead atoms. The quantitative estimate of drug-likeness (QED) is 0.106. The van der Waals surface area contributed by atoms with Gasteiger partial charge in [0.05, 0.1) is 5.97 Å². The van der Waals surface area contributed by atoms with Crippen LogP contribution in [0, 0.1) is 17.3 Å². The Kier molecular flexibility index (Phi) is 24.1. The second-order valence-electron chi connectivity index (χ2n) is 9.37. The minimum atomic E-state index is -5.22. The molecule has 190 valence electrons. The number of carboxylic acid groups (broad SMARTS) is 2. The smallest absolute Gasteiger partial charge is 0.549 e. The number of rotatable bonds is 20. The van der Waals surface area contributed by atoms with Crippen molar-refractivity contribution in [2.45, 2.75) is 123 Å². The number of hydrogen-bond donors (Lipinski definition) is 1. The molecule has 0 radical (unpaired) electrons. The molecule has 0 aliphatic rings. The van der Waals surface area contributed by atoms with Crippen molar-refractivity contribution in [1.29, 1.82) is 0 Å². The van der Waals surface area contributed by atoms with Crippen LogP contribution in [0.5, 0.6) is 0 Å². The van der Waals surface area contributed by atoms with E-state index in [0.29, 0.717) is 25.7 Å². The summed E-state index contributed by atoms with van der Waals surface area (Å²) in [6, 6.07) is 0. The average Bonchev–Trinajstić information content (AvgIpc) is 2.66. The van der Waals surface area contributed by atoms with Crippen molar-refractivity contribution in [3.63, 3.8) is 0 Å². The third-order valence-electron chi connectivity index (χ3n) is 6.55. The largest absolute Gasteiger partial charge is 1.00 e. The Bertz CT molecular complexity index is 634. The maximum Gasteiger partial charge on any atom is 1.00 e. The predicted molar refractivity (Wildman–Crippen MR) is 122 cm³/mol. The van der Waals surface area contributed by atoms with E-state index in [4.69, 9.17) is 0 Å². The summed E-state index contributed by atoms with van der Waals surface area (Å²) in [5.41, 5.74) is -2.23. The minimum Gasteiger partial charge on any atom is -0.549 e. The number of aliphatic carboxylic acids is 2. The average molecular weight is 523 g/mol. The van der Waals surface area contributed by atoms with Gasteiger partial charge < -0.3 is 19.8 Å².